The first-order valence-corrected chi connectivity index (χ1v) is 5.58. The highest BCUT2D eigenvalue weighted by atomic mass is 16.3. The van der Waals surface area contributed by atoms with Crippen LogP contribution in [0, 0.1) is 17.2 Å². The highest BCUT2D eigenvalue weighted by Gasteiger charge is 2.14. The lowest BCUT2D eigenvalue weighted by Gasteiger charge is -2.02. The van der Waals surface area contributed by atoms with Crippen LogP contribution in [0.15, 0.2) is 28.7 Å². The molecule has 0 aliphatic carbocycles. The first-order chi connectivity index (χ1) is 7.72. The molecular formula is C14H15NO. The van der Waals surface area contributed by atoms with Gasteiger partial charge in [-0.3, -0.25) is 0 Å². The molecule has 0 aliphatic rings. The molecule has 2 nitrogen and oxygen atoms in total. The van der Waals surface area contributed by atoms with Crippen molar-refractivity contribution in [2.24, 2.45) is 5.92 Å². The zero-order chi connectivity index (χ0) is 11.5. The molecule has 0 fully saturated rings. The standard InChI is InChI=1S/C14H15NO/c1-10(2)9-14-12(7-8-15)11-5-3-4-6-13(11)16-14/h3-6,10H,7,9H2,1-2H3. The van der Waals surface area contributed by atoms with Gasteiger partial charge in [-0.25, -0.2) is 0 Å². The second-order valence-electron chi connectivity index (χ2n) is 4.43. The molecule has 0 unspecified atom stereocenters. The summed E-state index contributed by atoms with van der Waals surface area (Å²) < 4.78 is 5.81. The third-order valence-electron chi connectivity index (χ3n) is 2.63. The number of nitrogens with zero attached hydrogens (tertiary/aromatic N) is 1. The molecule has 2 rings (SSSR count). The Morgan fingerprint density at radius 3 is 2.75 bits per heavy atom. The Bertz CT molecular complexity index is 531. The Labute approximate surface area is 95.5 Å². The summed E-state index contributed by atoms with van der Waals surface area (Å²) in [6.45, 7) is 4.31. The zero-order valence-corrected chi connectivity index (χ0v) is 9.66. The maximum absolute atomic E-state index is 8.86. The number of benzene rings is 1. The van der Waals surface area contributed by atoms with E-state index in [9.17, 15) is 0 Å². The lowest BCUT2D eigenvalue weighted by atomic mass is 10.0. The molecular weight excluding hydrogens is 198 g/mol. The van der Waals surface area contributed by atoms with Crippen molar-refractivity contribution in [2.45, 2.75) is 26.7 Å². The van der Waals surface area contributed by atoms with Gasteiger partial charge in [0.2, 0.25) is 0 Å². The highest BCUT2D eigenvalue weighted by molar-refractivity contribution is 5.82. The molecule has 1 heterocycles. The summed E-state index contributed by atoms with van der Waals surface area (Å²) in [5, 5.41) is 9.95. The molecule has 0 N–H and O–H groups in total. The normalized spacial score (nSPS) is 10.9. The Morgan fingerprint density at radius 2 is 2.06 bits per heavy atom. The minimum atomic E-state index is 0.430. The van der Waals surface area contributed by atoms with E-state index in [0.29, 0.717) is 12.3 Å². The average molecular weight is 213 g/mol. The van der Waals surface area contributed by atoms with Gasteiger partial charge in [0.15, 0.2) is 0 Å². The summed E-state index contributed by atoms with van der Waals surface area (Å²) in [5.74, 6) is 1.51. The molecule has 1 aromatic carbocycles. The fraction of sp³-hybridized carbons (Fsp3) is 0.357. The second-order valence-corrected chi connectivity index (χ2v) is 4.43. The third-order valence-corrected chi connectivity index (χ3v) is 2.63. The molecule has 0 amide bonds. The predicted molar refractivity (Wildman–Crippen MR) is 64.1 cm³/mol. The third kappa shape index (κ3) is 1.94. The van der Waals surface area contributed by atoms with Gasteiger partial charge in [0.1, 0.15) is 11.3 Å². The van der Waals surface area contributed by atoms with Crippen LogP contribution in [0.5, 0.6) is 0 Å². The Morgan fingerprint density at radius 1 is 1.31 bits per heavy atom. The van der Waals surface area contributed by atoms with Crippen LogP contribution >= 0.6 is 0 Å². The number of fused-ring (bicyclic) bond motifs is 1. The van der Waals surface area contributed by atoms with Crippen LogP contribution in [0.2, 0.25) is 0 Å². The van der Waals surface area contributed by atoms with Crippen LogP contribution < -0.4 is 0 Å². The van der Waals surface area contributed by atoms with Gasteiger partial charge in [-0.15, -0.1) is 0 Å². The van der Waals surface area contributed by atoms with E-state index < -0.39 is 0 Å². The van der Waals surface area contributed by atoms with Crippen molar-refractivity contribution in [3.05, 3.63) is 35.6 Å². The molecule has 0 radical (unpaired) electrons. The average Bonchev–Trinajstić information content (AvgIpc) is 2.57. The molecule has 2 aromatic rings. The molecule has 0 saturated heterocycles. The fourth-order valence-corrected chi connectivity index (χ4v) is 1.96. The number of furan rings is 1. The van der Waals surface area contributed by atoms with Crippen molar-refractivity contribution in [1.29, 1.82) is 5.26 Å². The van der Waals surface area contributed by atoms with Crippen LogP contribution in [0.1, 0.15) is 25.2 Å². The van der Waals surface area contributed by atoms with Crippen LogP contribution in [-0.4, -0.2) is 0 Å². The Kier molecular flexibility index (Phi) is 2.96. The monoisotopic (exact) mass is 213 g/mol. The van der Waals surface area contributed by atoms with Crippen LogP contribution in [0.25, 0.3) is 11.0 Å². The van der Waals surface area contributed by atoms with E-state index in [4.69, 9.17) is 9.68 Å². The number of para-hydroxylation sites is 1. The van der Waals surface area contributed by atoms with Gasteiger partial charge >= 0.3 is 0 Å². The molecule has 82 valence electrons. The van der Waals surface area contributed by atoms with Gasteiger partial charge in [-0.1, -0.05) is 32.0 Å². The summed E-state index contributed by atoms with van der Waals surface area (Å²) in [5.41, 5.74) is 1.95. The SMILES string of the molecule is CC(C)Cc1oc2ccccc2c1CC#N. The quantitative estimate of drug-likeness (QED) is 0.779. The van der Waals surface area contributed by atoms with Gasteiger partial charge < -0.3 is 4.42 Å². The lowest BCUT2D eigenvalue weighted by molar-refractivity contribution is 0.495. The Hall–Kier alpha value is -1.75. The van der Waals surface area contributed by atoms with Gasteiger partial charge in [0, 0.05) is 17.4 Å². The van der Waals surface area contributed by atoms with Crippen molar-refractivity contribution < 1.29 is 4.42 Å². The first-order valence-electron chi connectivity index (χ1n) is 5.58. The molecule has 0 bridgehead atoms. The van der Waals surface area contributed by atoms with Crippen molar-refractivity contribution >= 4 is 11.0 Å². The summed E-state index contributed by atoms with van der Waals surface area (Å²) in [4.78, 5) is 0. The molecule has 0 spiro atoms. The maximum Gasteiger partial charge on any atom is 0.134 e. The summed E-state index contributed by atoms with van der Waals surface area (Å²) >= 11 is 0. The second kappa shape index (κ2) is 4.40. The van der Waals surface area contributed by atoms with Gasteiger partial charge in [-0.05, 0) is 12.0 Å². The summed E-state index contributed by atoms with van der Waals surface area (Å²) in [6, 6.07) is 10.1. The van der Waals surface area contributed by atoms with Gasteiger partial charge in [-0.2, -0.15) is 5.26 Å². The van der Waals surface area contributed by atoms with E-state index in [1.165, 1.54) is 0 Å². The maximum atomic E-state index is 8.86. The number of hydrogen-bond donors (Lipinski definition) is 0. The largest absolute Gasteiger partial charge is 0.461 e. The number of rotatable bonds is 3. The molecule has 16 heavy (non-hydrogen) atoms. The van der Waals surface area contributed by atoms with E-state index in [1.807, 2.05) is 24.3 Å². The van der Waals surface area contributed by atoms with Crippen molar-refractivity contribution in [1.82, 2.24) is 0 Å². The van der Waals surface area contributed by atoms with Crippen molar-refractivity contribution in [3.8, 4) is 6.07 Å². The van der Waals surface area contributed by atoms with Crippen LogP contribution in [0.4, 0.5) is 0 Å². The molecule has 2 heteroatoms. The number of nitriles is 1. The minimum Gasteiger partial charge on any atom is -0.461 e. The van der Waals surface area contributed by atoms with Gasteiger partial charge in [0.25, 0.3) is 0 Å². The molecule has 1 aromatic heterocycles. The van der Waals surface area contributed by atoms with E-state index in [-0.39, 0.29) is 0 Å². The van der Waals surface area contributed by atoms with Crippen LogP contribution in [-0.2, 0) is 12.8 Å². The fourth-order valence-electron chi connectivity index (χ4n) is 1.96. The van der Waals surface area contributed by atoms with Crippen molar-refractivity contribution in [2.75, 3.05) is 0 Å². The zero-order valence-electron chi connectivity index (χ0n) is 9.66. The molecule has 0 aliphatic heterocycles. The minimum absolute atomic E-state index is 0.430. The summed E-state index contributed by atoms with van der Waals surface area (Å²) in [7, 11) is 0. The van der Waals surface area contributed by atoms with E-state index in [2.05, 4.69) is 19.9 Å². The number of hydrogen-bond acceptors (Lipinski definition) is 2. The van der Waals surface area contributed by atoms with Crippen LogP contribution in [0.3, 0.4) is 0 Å². The lowest BCUT2D eigenvalue weighted by Crippen LogP contribution is -1.95. The smallest absolute Gasteiger partial charge is 0.134 e. The van der Waals surface area contributed by atoms with E-state index in [1.54, 1.807) is 0 Å². The Balaban J connectivity index is 2.54. The molecule has 0 saturated carbocycles. The van der Waals surface area contributed by atoms with E-state index >= 15 is 0 Å². The highest BCUT2D eigenvalue weighted by Crippen LogP contribution is 2.27. The molecule has 0 atom stereocenters. The van der Waals surface area contributed by atoms with Gasteiger partial charge in [0.05, 0.1) is 12.5 Å². The van der Waals surface area contributed by atoms with E-state index in [0.717, 1.165) is 28.7 Å². The topological polar surface area (TPSA) is 36.9 Å². The predicted octanol–water partition coefficient (Wildman–Crippen LogP) is 3.70. The van der Waals surface area contributed by atoms with Crippen molar-refractivity contribution in [3.63, 3.8) is 0 Å². The summed E-state index contributed by atoms with van der Waals surface area (Å²) in [6.07, 6.45) is 1.32. The first kappa shape index (κ1) is 10.8.